The van der Waals surface area contributed by atoms with Gasteiger partial charge in [0.05, 0.1) is 6.61 Å². The zero-order chi connectivity index (χ0) is 13.5. The average molecular weight is 260 g/mol. The summed E-state index contributed by atoms with van der Waals surface area (Å²) < 4.78 is 5.18. The fourth-order valence-electron chi connectivity index (χ4n) is 2.55. The molecule has 3 nitrogen and oxygen atoms in total. The molecule has 0 saturated carbocycles. The van der Waals surface area contributed by atoms with Gasteiger partial charge in [-0.05, 0) is 29.5 Å². The van der Waals surface area contributed by atoms with Gasteiger partial charge in [-0.15, -0.1) is 0 Å². The summed E-state index contributed by atoms with van der Waals surface area (Å²) in [5, 5.41) is 0. The summed E-state index contributed by atoms with van der Waals surface area (Å²) in [6.07, 6.45) is 4.52. The minimum Gasteiger partial charge on any atom is -0.380 e. The summed E-state index contributed by atoms with van der Waals surface area (Å²) in [5.41, 5.74) is 9.86. The van der Waals surface area contributed by atoms with Crippen molar-refractivity contribution in [2.75, 3.05) is 33.4 Å². The monoisotopic (exact) mass is 260 g/mol. The normalized spacial score (nSPS) is 16.4. The van der Waals surface area contributed by atoms with E-state index in [0.717, 1.165) is 39.1 Å². The van der Waals surface area contributed by atoms with Crippen LogP contribution in [0.5, 0.6) is 0 Å². The van der Waals surface area contributed by atoms with Crippen LogP contribution in [0.3, 0.4) is 0 Å². The lowest BCUT2D eigenvalue weighted by Gasteiger charge is -2.26. The summed E-state index contributed by atoms with van der Waals surface area (Å²) in [4.78, 5) is 2.49. The third-order valence-corrected chi connectivity index (χ3v) is 3.75. The van der Waals surface area contributed by atoms with Crippen LogP contribution in [-0.2, 0) is 17.7 Å². The van der Waals surface area contributed by atoms with Crippen LogP contribution in [0.15, 0.2) is 35.9 Å². The second-order valence-electron chi connectivity index (χ2n) is 5.07. The Labute approximate surface area is 116 Å². The van der Waals surface area contributed by atoms with Crippen molar-refractivity contribution in [3.8, 4) is 0 Å². The molecule has 0 unspecified atom stereocenters. The average Bonchev–Trinajstić information content (AvgIpc) is 2.47. The highest BCUT2D eigenvalue weighted by Crippen LogP contribution is 2.13. The van der Waals surface area contributed by atoms with Crippen LogP contribution in [0.1, 0.15) is 17.5 Å². The van der Waals surface area contributed by atoms with Crippen molar-refractivity contribution in [1.29, 1.82) is 0 Å². The van der Waals surface area contributed by atoms with Crippen LogP contribution >= 0.6 is 0 Å². The highest BCUT2D eigenvalue weighted by atomic mass is 16.5. The van der Waals surface area contributed by atoms with E-state index >= 15 is 0 Å². The first kappa shape index (κ1) is 14.3. The van der Waals surface area contributed by atoms with Gasteiger partial charge < -0.3 is 10.5 Å². The predicted molar refractivity (Wildman–Crippen MR) is 79.1 cm³/mol. The third kappa shape index (κ3) is 4.16. The van der Waals surface area contributed by atoms with Crippen molar-refractivity contribution in [1.82, 2.24) is 4.90 Å². The Morgan fingerprint density at radius 1 is 1.26 bits per heavy atom. The number of benzene rings is 1. The van der Waals surface area contributed by atoms with Crippen molar-refractivity contribution in [2.45, 2.75) is 19.4 Å². The maximum absolute atomic E-state index is 5.77. The molecule has 0 aromatic heterocycles. The number of nitrogens with zero attached hydrogens (tertiary/aromatic N) is 1. The van der Waals surface area contributed by atoms with Crippen molar-refractivity contribution in [2.24, 2.45) is 5.73 Å². The summed E-state index contributed by atoms with van der Waals surface area (Å²) >= 11 is 0. The first-order valence-electron chi connectivity index (χ1n) is 6.99. The van der Waals surface area contributed by atoms with E-state index in [2.05, 4.69) is 35.2 Å². The molecule has 0 radical (unpaired) electrons. The van der Waals surface area contributed by atoms with E-state index in [1.54, 1.807) is 7.11 Å². The minimum absolute atomic E-state index is 0.633. The number of nitrogens with two attached hydrogens (primary N) is 1. The lowest BCUT2D eigenvalue weighted by atomic mass is 10.0. The van der Waals surface area contributed by atoms with Crippen LogP contribution in [0.2, 0.25) is 0 Å². The molecule has 0 bridgehead atoms. The van der Waals surface area contributed by atoms with Gasteiger partial charge in [-0.1, -0.05) is 30.3 Å². The number of hydrogen-bond donors (Lipinski definition) is 1. The third-order valence-electron chi connectivity index (χ3n) is 3.75. The quantitative estimate of drug-likeness (QED) is 0.795. The highest BCUT2D eigenvalue weighted by molar-refractivity contribution is 5.27. The van der Waals surface area contributed by atoms with Gasteiger partial charge in [-0.2, -0.15) is 0 Å². The Bertz CT molecular complexity index is 429. The summed E-state index contributed by atoms with van der Waals surface area (Å²) in [6.45, 7) is 4.70. The Morgan fingerprint density at radius 3 is 2.68 bits per heavy atom. The molecule has 0 spiro atoms. The molecule has 1 aromatic rings. The SMILES string of the molecule is COCC1=CCN(CCc2ccccc2CN)CC1. The van der Waals surface area contributed by atoms with Gasteiger partial charge >= 0.3 is 0 Å². The molecule has 0 fully saturated rings. The molecule has 104 valence electrons. The van der Waals surface area contributed by atoms with Gasteiger partial charge in [-0.25, -0.2) is 0 Å². The fraction of sp³-hybridized carbons (Fsp3) is 0.500. The molecular weight excluding hydrogens is 236 g/mol. The van der Waals surface area contributed by atoms with E-state index in [1.807, 2.05) is 0 Å². The van der Waals surface area contributed by atoms with Crippen molar-refractivity contribution in [3.05, 3.63) is 47.0 Å². The van der Waals surface area contributed by atoms with E-state index in [-0.39, 0.29) is 0 Å². The van der Waals surface area contributed by atoms with Crippen LogP contribution in [0, 0.1) is 0 Å². The van der Waals surface area contributed by atoms with Gasteiger partial charge in [0, 0.05) is 33.3 Å². The van der Waals surface area contributed by atoms with Crippen molar-refractivity contribution < 1.29 is 4.74 Å². The molecule has 2 N–H and O–H groups in total. The molecular formula is C16H24N2O. The summed E-state index contributed by atoms with van der Waals surface area (Å²) in [7, 11) is 1.76. The number of methoxy groups -OCH3 is 1. The molecule has 0 saturated heterocycles. The van der Waals surface area contributed by atoms with Crippen molar-refractivity contribution in [3.63, 3.8) is 0 Å². The molecule has 3 heteroatoms. The lowest BCUT2D eigenvalue weighted by Crippen LogP contribution is -2.31. The fourth-order valence-corrected chi connectivity index (χ4v) is 2.55. The number of hydrogen-bond acceptors (Lipinski definition) is 3. The number of rotatable bonds is 6. The predicted octanol–water partition coefficient (Wildman–Crippen LogP) is 1.97. The molecule has 19 heavy (non-hydrogen) atoms. The second-order valence-corrected chi connectivity index (χ2v) is 5.07. The lowest BCUT2D eigenvalue weighted by molar-refractivity contribution is 0.212. The van der Waals surface area contributed by atoms with E-state index in [4.69, 9.17) is 10.5 Å². The molecule has 1 aliphatic rings. The van der Waals surface area contributed by atoms with Gasteiger partial charge in [0.15, 0.2) is 0 Å². The standard InChI is InChI=1S/C16H24N2O/c1-19-13-14-6-9-18(10-7-14)11-8-15-4-2-3-5-16(15)12-17/h2-6H,7-13,17H2,1H3. The molecule has 0 amide bonds. The highest BCUT2D eigenvalue weighted by Gasteiger charge is 2.11. The maximum Gasteiger partial charge on any atom is 0.0673 e. The first-order chi connectivity index (χ1) is 9.33. The van der Waals surface area contributed by atoms with E-state index in [1.165, 1.54) is 16.7 Å². The Kier molecular flexibility index (Phi) is 5.58. The summed E-state index contributed by atoms with van der Waals surface area (Å²) in [6, 6.07) is 8.48. The number of ether oxygens (including phenoxy) is 1. The smallest absolute Gasteiger partial charge is 0.0673 e. The Hall–Kier alpha value is -1.16. The van der Waals surface area contributed by atoms with E-state index in [0.29, 0.717) is 6.54 Å². The van der Waals surface area contributed by atoms with E-state index in [9.17, 15) is 0 Å². The molecule has 1 aliphatic heterocycles. The first-order valence-corrected chi connectivity index (χ1v) is 6.99. The van der Waals surface area contributed by atoms with Crippen LogP contribution in [-0.4, -0.2) is 38.3 Å². The Balaban J connectivity index is 1.83. The topological polar surface area (TPSA) is 38.5 Å². The maximum atomic E-state index is 5.77. The van der Waals surface area contributed by atoms with Crippen LogP contribution in [0.4, 0.5) is 0 Å². The largest absolute Gasteiger partial charge is 0.380 e. The van der Waals surface area contributed by atoms with Crippen LogP contribution in [0.25, 0.3) is 0 Å². The molecule has 2 rings (SSSR count). The molecule has 0 atom stereocenters. The second kappa shape index (κ2) is 7.43. The van der Waals surface area contributed by atoms with Gasteiger partial charge in [0.2, 0.25) is 0 Å². The van der Waals surface area contributed by atoms with E-state index < -0.39 is 0 Å². The van der Waals surface area contributed by atoms with Gasteiger partial charge in [0.25, 0.3) is 0 Å². The molecule has 1 heterocycles. The zero-order valence-corrected chi connectivity index (χ0v) is 11.8. The van der Waals surface area contributed by atoms with Gasteiger partial charge in [0.1, 0.15) is 0 Å². The molecule has 1 aromatic carbocycles. The van der Waals surface area contributed by atoms with Gasteiger partial charge in [-0.3, -0.25) is 4.90 Å². The Morgan fingerprint density at radius 2 is 2.05 bits per heavy atom. The molecule has 0 aliphatic carbocycles. The zero-order valence-electron chi connectivity index (χ0n) is 11.8. The minimum atomic E-state index is 0.633. The van der Waals surface area contributed by atoms with Crippen LogP contribution < -0.4 is 5.73 Å². The summed E-state index contributed by atoms with van der Waals surface area (Å²) in [5.74, 6) is 0. The van der Waals surface area contributed by atoms with Crippen molar-refractivity contribution >= 4 is 0 Å².